The molecule has 0 aromatic carbocycles. The summed E-state index contributed by atoms with van der Waals surface area (Å²) in [5.74, 6) is 6.02. The zero-order valence-electron chi connectivity index (χ0n) is 15.9. The third-order valence-corrected chi connectivity index (χ3v) is 4.34. The Balaban J connectivity index is 1.91. The first-order valence-electron chi connectivity index (χ1n) is 9.32. The molecule has 2 aliphatic rings. The molecule has 3 N–H and O–H groups in total. The molecule has 2 aromatic heterocycles. The normalized spacial score (nSPS) is 19.0. The van der Waals surface area contributed by atoms with E-state index in [1.807, 2.05) is 0 Å². The number of ether oxygens (including phenoxy) is 1. The van der Waals surface area contributed by atoms with Gasteiger partial charge in [0.15, 0.2) is 17.4 Å². The van der Waals surface area contributed by atoms with E-state index in [9.17, 15) is 4.79 Å². The van der Waals surface area contributed by atoms with Gasteiger partial charge in [0.25, 0.3) is 0 Å². The summed E-state index contributed by atoms with van der Waals surface area (Å²) in [7, 11) is -2.68. The molecule has 0 atom stereocenters. The first-order valence-corrected chi connectivity index (χ1v) is 7.82. The summed E-state index contributed by atoms with van der Waals surface area (Å²) in [5, 5.41) is 0. The second-order valence-corrected chi connectivity index (χ2v) is 5.95. The fourth-order valence-corrected chi connectivity index (χ4v) is 3.07. The summed E-state index contributed by atoms with van der Waals surface area (Å²) in [4.78, 5) is 29.5. The van der Waals surface area contributed by atoms with Crippen LogP contribution < -0.4 is 16.0 Å². The van der Waals surface area contributed by atoms with E-state index < -0.39 is 7.04 Å². The van der Waals surface area contributed by atoms with Crippen LogP contribution in [0.3, 0.4) is 0 Å². The van der Waals surface area contributed by atoms with Crippen LogP contribution in [0.2, 0.25) is 0 Å². The number of Topliss-reactive ketones (excluding diaryl/α,β-unsaturated/α-hetero) is 1. The van der Waals surface area contributed by atoms with Crippen LogP contribution in [0.1, 0.15) is 57.5 Å². The highest BCUT2D eigenvalue weighted by atomic mass is 16.5. The predicted octanol–water partition coefficient (Wildman–Crippen LogP) is 1.62. The van der Waals surface area contributed by atoms with Gasteiger partial charge in [0, 0.05) is 12.3 Å². The Morgan fingerprint density at radius 2 is 2.17 bits per heavy atom. The van der Waals surface area contributed by atoms with Crippen LogP contribution in [-0.4, -0.2) is 32.8 Å². The third kappa shape index (κ3) is 2.39. The highest BCUT2D eigenvalue weighted by Crippen LogP contribution is 2.45. The number of ketones is 1. The number of nitrogens with two attached hydrogens (primary N) is 1. The maximum absolute atomic E-state index is 12.3. The largest absolute Gasteiger partial charge is 0.480 e. The Kier molecular flexibility index (Phi) is 2.86. The van der Waals surface area contributed by atoms with E-state index in [1.165, 1.54) is 6.33 Å². The molecule has 4 rings (SSSR count). The molecule has 8 heteroatoms. The van der Waals surface area contributed by atoms with Crippen LogP contribution in [0.25, 0.3) is 11.4 Å². The van der Waals surface area contributed by atoms with Crippen molar-refractivity contribution in [1.82, 2.24) is 19.9 Å². The predicted molar refractivity (Wildman–Crippen MR) is 86.7 cm³/mol. The highest BCUT2D eigenvalue weighted by molar-refractivity contribution is 6.02. The van der Waals surface area contributed by atoms with E-state index in [4.69, 9.17) is 14.7 Å². The van der Waals surface area contributed by atoms with Crippen molar-refractivity contribution < 1.29 is 13.6 Å². The lowest BCUT2D eigenvalue weighted by molar-refractivity contribution is 0.0972. The molecule has 2 aliphatic carbocycles. The lowest BCUT2D eigenvalue weighted by Crippen LogP contribution is -2.21. The van der Waals surface area contributed by atoms with Crippen LogP contribution in [0.4, 0.5) is 5.82 Å². The Bertz CT molecular complexity index is 897. The van der Waals surface area contributed by atoms with E-state index in [-0.39, 0.29) is 29.2 Å². The van der Waals surface area contributed by atoms with Gasteiger partial charge in [0.05, 0.1) is 28.1 Å². The summed E-state index contributed by atoms with van der Waals surface area (Å²) in [6.45, 7) is 0. The zero-order valence-corrected chi connectivity index (χ0v) is 12.9. The number of rotatable bonds is 4. The van der Waals surface area contributed by atoms with Crippen LogP contribution in [0.15, 0.2) is 6.33 Å². The van der Waals surface area contributed by atoms with Crippen molar-refractivity contribution in [2.24, 2.45) is 5.84 Å². The standard InChI is InChI=1S/C16H18N6O2/c1-24-16-12(13(8-5-6-8)18-7-19-16)14-20-9-3-2-4-10(23)11(9)15(21-14)22-17/h7-8H,2-6,17H2,1H3,(H,20,21,22)/i1D3. The first kappa shape index (κ1) is 11.9. The number of fused-ring (bicyclic) bond motifs is 1. The number of carbonyl (C=O) groups is 1. The SMILES string of the molecule is [2H]C([2H])([2H])Oc1ncnc(C2CC2)c1-c1nc2c(c(NN)n1)C(=O)CCC2. The molecule has 0 unspecified atom stereocenters. The maximum Gasteiger partial charge on any atom is 0.227 e. The monoisotopic (exact) mass is 329 g/mol. The van der Waals surface area contributed by atoms with Crippen LogP contribution in [0, 0.1) is 0 Å². The topological polar surface area (TPSA) is 116 Å². The molecule has 2 aromatic rings. The van der Waals surface area contributed by atoms with Crippen molar-refractivity contribution in [3.05, 3.63) is 23.3 Å². The molecule has 8 nitrogen and oxygen atoms in total. The molecule has 24 heavy (non-hydrogen) atoms. The minimum Gasteiger partial charge on any atom is -0.480 e. The number of hydrogen-bond donors (Lipinski definition) is 2. The van der Waals surface area contributed by atoms with Crippen molar-refractivity contribution in [3.8, 4) is 17.3 Å². The molecule has 124 valence electrons. The maximum atomic E-state index is 12.3. The summed E-state index contributed by atoms with van der Waals surface area (Å²) in [6, 6.07) is 0. The lowest BCUT2D eigenvalue weighted by Gasteiger charge is -2.19. The van der Waals surface area contributed by atoms with E-state index in [2.05, 4.69) is 25.4 Å². The number of hydrogen-bond acceptors (Lipinski definition) is 8. The number of nitrogen functional groups attached to an aromatic ring is 1. The lowest BCUT2D eigenvalue weighted by atomic mass is 9.95. The second kappa shape index (κ2) is 5.79. The van der Waals surface area contributed by atoms with Crippen molar-refractivity contribution >= 4 is 11.6 Å². The van der Waals surface area contributed by atoms with Crippen molar-refractivity contribution in [1.29, 1.82) is 0 Å². The number of nitrogens with zero attached hydrogens (tertiary/aromatic N) is 4. The number of carbonyl (C=O) groups excluding carboxylic acids is 1. The molecule has 1 saturated carbocycles. The summed E-state index contributed by atoms with van der Waals surface area (Å²) >= 11 is 0. The number of aryl methyl sites for hydroxylation is 1. The Hall–Kier alpha value is -2.61. The second-order valence-electron chi connectivity index (χ2n) is 5.95. The number of nitrogens with one attached hydrogen (secondary N) is 1. The van der Waals surface area contributed by atoms with E-state index >= 15 is 0 Å². The molecule has 0 amide bonds. The summed E-state index contributed by atoms with van der Waals surface area (Å²) in [6.07, 6.45) is 4.85. The van der Waals surface area contributed by atoms with Crippen LogP contribution in [0.5, 0.6) is 5.88 Å². The number of methoxy groups -OCH3 is 1. The van der Waals surface area contributed by atoms with Crippen LogP contribution >= 0.6 is 0 Å². The van der Waals surface area contributed by atoms with E-state index in [1.54, 1.807) is 0 Å². The minimum absolute atomic E-state index is 0.0681. The van der Waals surface area contributed by atoms with Gasteiger partial charge in [-0.05, 0) is 25.7 Å². The first-order chi connectivity index (χ1) is 12.9. The quantitative estimate of drug-likeness (QED) is 0.642. The minimum atomic E-state index is -2.68. The fourth-order valence-electron chi connectivity index (χ4n) is 3.07. The molecule has 0 bridgehead atoms. The Morgan fingerprint density at radius 3 is 2.92 bits per heavy atom. The average molecular weight is 329 g/mol. The van der Waals surface area contributed by atoms with Gasteiger partial charge in [0.1, 0.15) is 11.9 Å². The Labute approximate surface area is 143 Å². The molecule has 0 spiro atoms. The van der Waals surface area contributed by atoms with Gasteiger partial charge in [-0.25, -0.2) is 25.8 Å². The number of aromatic nitrogens is 4. The van der Waals surface area contributed by atoms with Gasteiger partial charge >= 0.3 is 0 Å². The van der Waals surface area contributed by atoms with E-state index in [0.717, 1.165) is 12.8 Å². The number of anilines is 1. The van der Waals surface area contributed by atoms with Gasteiger partial charge in [-0.15, -0.1) is 0 Å². The molecule has 2 heterocycles. The Morgan fingerprint density at radius 1 is 1.29 bits per heavy atom. The summed E-state index contributed by atoms with van der Waals surface area (Å²) in [5.41, 5.74) is 4.41. The van der Waals surface area contributed by atoms with Gasteiger partial charge in [-0.2, -0.15) is 0 Å². The van der Waals surface area contributed by atoms with Crippen molar-refractivity contribution in [2.75, 3.05) is 12.5 Å². The molecule has 0 saturated heterocycles. The van der Waals surface area contributed by atoms with Gasteiger partial charge in [0.2, 0.25) is 5.88 Å². The molecule has 1 fully saturated rings. The van der Waals surface area contributed by atoms with E-state index in [0.29, 0.717) is 41.8 Å². The average Bonchev–Trinajstić information content (AvgIpc) is 3.44. The number of hydrazine groups is 1. The van der Waals surface area contributed by atoms with Crippen molar-refractivity contribution in [2.45, 2.75) is 38.0 Å². The molecular weight excluding hydrogens is 308 g/mol. The van der Waals surface area contributed by atoms with Gasteiger partial charge in [-0.1, -0.05) is 0 Å². The molecular formula is C16H18N6O2. The highest BCUT2D eigenvalue weighted by Gasteiger charge is 2.32. The smallest absolute Gasteiger partial charge is 0.227 e. The summed E-state index contributed by atoms with van der Waals surface area (Å²) < 4.78 is 27.3. The van der Waals surface area contributed by atoms with Gasteiger partial charge in [-0.3, -0.25) is 4.79 Å². The fraction of sp³-hybridized carbons (Fsp3) is 0.438. The van der Waals surface area contributed by atoms with Crippen LogP contribution in [-0.2, 0) is 6.42 Å². The zero-order chi connectivity index (χ0) is 19.2. The third-order valence-electron chi connectivity index (χ3n) is 4.34. The van der Waals surface area contributed by atoms with Gasteiger partial charge < -0.3 is 10.2 Å². The molecule has 0 aliphatic heterocycles. The molecule has 0 radical (unpaired) electrons. The van der Waals surface area contributed by atoms with Crippen molar-refractivity contribution in [3.63, 3.8) is 0 Å².